The summed E-state index contributed by atoms with van der Waals surface area (Å²) in [5.41, 5.74) is 4.31. The molecule has 8 rings (SSSR count). The summed E-state index contributed by atoms with van der Waals surface area (Å²) in [7, 11) is 1.71. The zero-order valence-electron chi connectivity index (χ0n) is 37.1. The monoisotopic (exact) mass is 894 g/mol. The molecular formula is C47H65F3N8O6. The van der Waals surface area contributed by atoms with Crippen LogP contribution in [0.2, 0.25) is 0 Å². The Hall–Kier alpha value is -4.32. The molecule has 2 amide bonds. The third kappa shape index (κ3) is 11.4. The fourth-order valence-corrected chi connectivity index (χ4v) is 10.6. The molecule has 0 unspecified atom stereocenters. The van der Waals surface area contributed by atoms with Crippen molar-refractivity contribution in [3.05, 3.63) is 52.2 Å². The van der Waals surface area contributed by atoms with E-state index in [2.05, 4.69) is 31.3 Å². The minimum absolute atomic E-state index is 0.201. The van der Waals surface area contributed by atoms with Gasteiger partial charge in [0, 0.05) is 63.6 Å². The number of amides is 2. The first kappa shape index (κ1) is 46.2. The average molecular weight is 895 g/mol. The van der Waals surface area contributed by atoms with Crippen molar-refractivity contribution < 1.29 is 37.3 Å². The van der Waals surface area contributed by atoms with Crippen LogP contribution < -0.4 is 16.3 Å². The molecule has 0 bridgehead atoms. The molecule has 14 nitrogen and oxygen atoms in total. The van der Waals surface area contributed by atoms with Gasteiger partial charge in [0.05, 0.1) is 36.8 Å². The standard InChI is InChI=1S/C47H65F3N8O6/c1-55-41-27-32(6-13-39(41)58(46(55)62)40-14-15-42(60)53-44(40)61)3-2-23-63-25-26-64-24-18-31-16-21-56(22-17-31)29-33-4-7-34(8-5-33)38-30-57(35-9-11-36(59)12-10-35)43-37(38)28-52-45(54-43)51-20-19-47(48,49)50/h6,13,27-28,30-31,33-36,40,59H,2-5,7-12,14-26,29H2,1H3,(H,51,52,54)(H,53,60,61)/t33-,34-,35-,36-,40-/m0/s1. The number of carbonyl (C=O) groups excluding carboxylic acids is 2. The Bertz CT molecular complexity index is 2270. The zero-order chi connectivity index (χ0) is 44.8. The van der Waals surface area contributed by atoms with E-state index < -0.39 is 24.5 Å². The quantitative estimate of drug-likeness (QED) is 0.0706. The molecule has 64 heavy (non-hydrogen) atoms. The Morgan fingerprint density at radius 3 is 2.38 bits per heavy atom. The van der Waals surface area contributed by atoms with Gasteiger partial charge >= 0.3 is 11.9 Å². The molecule has 4 aromatic rings. The number of nitrogens with zero attached hydrogens (tertiary/aromatic N) is 6. The van der Waals surface area contributed by atoms with Crippen LogP contribution in [0.5, 0.6) is 0 Å². The number of halogens is 3. The molecule has 3 aromatic heterocycles. The number of imide groups is 1. The van der Waals surface area contributed by atoms with Gasteiger partial charge in [-0.05, 0) is 144 Å². The van der Waals surface area contributed by atoms with Gasteiger partial charge in [-0.1, -0.05) is 6.07 Å². The molecule has 2 saturated carbocycles. The Kier molecular flexibility index (Phi) is 15.1. The molecular weight excluding hydrogens is 830 g/mol. The molecule has 350 valence electrons. The number of hydrogen-bond acceptors (Lipinski definition) is 10. The van der Waals surface area contributed by atoms with Crippen molar-refractivity contribution in [2.45, 2.75) is 133 Å². The van der Waals surface area contributed by atoms with Crippen molar-refractivity contribution >= 4 is 39.8 Å². The van der Waals surface area contributed by atoms with Crippen molar-refractivity contribution in [1.82, 2.24) is 33.9 Å². The van der Waals surface area contributed by atoms with E-state index >= 15 is 0 Å². The lowest BCUT2D eigenvalue weighted by molar-refractivity contribution is -0.136. The van der Waals surface area contributed by atoms with Gasteiger partial charge in [0.2, 0.25) is 17.8 Å². The molecule has 2 aliphatic carbocycles. The summed E-state index contributed by atoms with van der Waals surface area (Å²) in [6.45, 7) is 5.62. The van der Waals surface area contributed by atoms with Crippen LogP contribution in [0.4, 0.5) is 19.1 Å². The molecule has 3 N–H and O–H groups in total. The number of benzene rings is 1. The third-order valence-corrected chi connectivity index (χ3v) is 14.3. The second-order valence-electron chi connectivity index (χ2n) is 18.8. The van der Waals surface area contributed by atoms with Gasteiger partial charge in [0.15, 0.2) is 0 Å². The van der Waals surface area contributed by atoms with Crippen LogP contribution in [-0.2, 0) is 32.5 Å². The number of aliphatic hydroxyl groups excluding tert-OH is 1. The predicted octanol–water partition coefficient (Wildman–Crippen LogP) is 6.94. The predicted molar refractivity (Wildman–Crippen MR) is 237 cm³/mol. The first-order chi connectivity index (χ1) is 30.9. The van der Waals surface area contributed by atoms with Crippen LogP contribution in [-0.4, -0.2) is 110 Å². The Morgan fingerprint density at radius 1 is 0.891 bits per heavy atom. The molecule has 4 aliphatic rings. The summed E-state index contributed by atoms with van der Waals surface area (Å²) in [4.78, 5) is 49.0. The molecule has 2 aliphatic heterocycles. The first-order valence-electron chi connectivity index (χ1n) is 23.7. The van der Waals surface area contributed by atoms with E-state index in [0.29, 0.717) is 49.5 Å². The van der Waals surface area contributed by atoms with Crippen LogP contribution in [0.15, 0.2) is 35.4 Å². The summed E-state index contributed by atoms with van der Waals surface area (Å²) in [5, 5.41) is 16.3. The fraction of sp³-hybridized carbons (Fsp3) is 0.681. The minimum atomic E-state index is -4.24. The number of rotatable bonds is 18. The highest BCUT2D eigenvalue weighted by Crippen LogP contribution is 2.42. The van der Waals surface area contributed by atoms with Gasteiger partial charge in [-0.15, -0.1) is 0 Å². The number of nitrogens with one attached hydrogen (secondary N) is 2. The van der Waals surface area contributed by atoms with Crippen LogP contribution in [0.3, 0.4) is 0 Å². The Labute approximate surface area is 372 Å². The number of carbonyl (C=O) groups is 2. The summed E-state index contributed by atoms with van der Waals surface area (Å²) in [6, 6.07) is 5.39. The molecule has 0 radical (unpaired) electrons. The number of aliphatic hydroxyl groups is 1. The third-order valence-electron chi connectivity index (χ3n) is 14.3. The number of aryl methyl sites for hydroxylation is 2. The lowest BCUT2D eigenvalue weighted by Crippen LogP contribution is -2.44. The van der Waals surface area contributed by atoms with E-state index in [4.69, 9.17) is 14.5 Å². The van der Waals surface area contributed by atoms with Crippen molar-refractivity contribution in [3.63, 3.8) is 0 Å². The number of piperidine rings is 2. The van der Waals surface area contributed by atoms with Crippen molar-refractivity contribution in [3.8, 4) is 0 Å². The summed E-state index contributed by atoms with van der Waals surface area (Å²) in [5.74, 6) is 1.23. The molecule has 0 spiro atoms. The van der Waals surface area contributed by atoms with Crippen LogP contribution in [0.25, 0.3) is 22.1 Å². The number of likely N-dealkylation sites (tertiary alicyclic amines) is 1. The number of hydrogen-bond donors (Lipinski definition) is 3. The van der Waals surface area contributed by atoms with Gasteiger partial charge < -0.3 is 29.4 Å². The first-order valence-corrected chi connectivity index (χ1v) is 23.7. The van der Waals surface area contributed by atoms with Crippen molar-refractivity contribution in [2.75, 3.05) is 57.9 Å². The van der Waals surface area contributed by atoms with E-state index in [-0.39, 0.29) is 42.7 Å². The van der Waals surface area contributed by atoms with E-state index in [1.54, 1.807) is 17.8 Å². The largest absolute Gasteiger partial charge is 0.393 e. The number of fused-ring (bicyclic) bond motifs is 2. The van der Waals surface area contributed by atoms with Crippen LogP contribution >= 0.6 is 0 Å². The number of aromatic nitrogens is 5. The number of alkyl halides is 3. The lowest BCUT2D eigenvalue weighted by atomic mass is 9.78. The fourth-order valence-electron chi connectivity index (χ4n) is 10.6. The highest BCUT2D eigenvalue weighted by Gasteiger charge is 2.33. The molecule has 5 heterocycles. The van der Waals surface area contributed by atoms with Crippen LogP contribution in [0, 0.1) is 11.8 Å². The summed E-state index contributed by atoms with van der Waals surface area (Å²) in [6.07, 6.45) is 11.9. The Morgan fingerprint density at radius 2 is 1.64 bits per heavy atom. The van der Waals surface area contributed by atoms with Gasteiger partial charge in [-0.3, -0.25) is 24.0 Å². The second kappa shape index (κ2) is 20.9. The van der Waals surface area contributed by atoms with E-state index in [1.807, 2.05) is 18.2 Å². The van der Waals surface area contributed by atoms with Gasteiger partial charge in [0.1, 0.15) is 11.7 Å². The van der Waals surface area contributed by atoms with Crippen molar-refractivity contribution in [1.29, 1.82) is 0 Å². The molecule has 1 atom stereocenters. The minimum Gasteiger partial charge on any atom is -0.393 e. The molecule has 1 aromatic carbocycles. The molecule has 2 saturated heterocycles. The number of ether oxygens (including phenoxy) is 2. The maximum atomic E-state index is 13.1. The van der Waals surface area contributed by atoms with E-state index in [1.165, 1.54) is 35.8 Å². The average Bonchev–Trinajstić information content (AvgIpc) is 3.77. The van der Waals surface area contributed by atoms with E-state index in [9.17, 15) is 32.7 Å². The zero-order valence-corrected chi connectivity index (χ0v) is 37.1. The Balaban J connectivity index is 0.707. The number of imidazole rings is 1. The molecule has 4 fully saturated rings. The number of anilines is 1. The van der Waals surface area contributed by atoms with Gasteiger partial charge in [-0.25, -0.2) is 9.78 Å². The maximum absolute atomic E-state index is 13.1. The highest BCUT2D eigenvalue weighted by atomic mass is 19.4. The van der Waals surface area contributed by atoms with Gasteiger partial charge in [-0.2, -0.15) is 18.2 Å². The SMILES string of the molecule is Cn1c(=O)n([C@H]2CCC(=O)NC2=O)c2ccc(CCCOCCOCCC3CCN(C[C@H]4CC[C@H](c5cn([C@H]6CC[C@H](O)CC6)c6nc(NCCC(F)(F)F)ncc65)CC4)CC3)cc21. The highest BCUT2D eigenvalue weighted by molar-refractivity contribution is 6.00. The lowest BCUT2D eigenvalue weighted by Gasteiger charge is -2.36. The van der Waals surface area contributed by atoms with Crippen molar-refractivity contribution in [2.24, 2.45) is 18.9 Å². The topological polar surface area (TPSA) is 158 Å². The summed E-state index contributed by atoms with van der Waals surface area (Å²) >= 11 is 0. The smallest absolute Gasteiger partial charge is 0.390 e. The normalized spacial score (nSPS) is 24.2. The maximum Gasteiger partial charge on any atom is 0.390 e. The van der Waals surface area contributed by atoms with Crippen LogP contribution in [0.1, 0.15) is 125 Å². The summed E-state index contributed by atoms with van der Waals surface area (Å²) < 4.78 is 55.5. The molecule has 17 heteroatoms. The second-order valence-corrected chi connectivity index (χ2v) is 18.8. The van der Waals surface area contributed by atoms with E-state index in [0.717, 1.165) is 106 Å². The van der Waals surface area contributed by atoms with Gasteiger partial charge in [0.25, 0.3) is 0 Å².